The number of hydrogen-bond acceptors (Lipinski definition) is 5. The quantitative estimate of drug-likeness (QED) is 0.527. The van der Waals surface area contributed by atoms with Crippen molar-refractivity contribution in [3.63, 3.8) is 0 Å². The van der Waals surface area contributed by atoms with Gasteiger partial charge in [-0.2, -0.15) is 0 Å². The second kappa shape index (κ2) is 7.76. The van der Waals surface area contributed by atoms with Crippen molar-refractivity contribution in [3.8, 4) is 11.3 Å². The van der Waals surface area contributed by atoms with E-state index in [2.05, 4.69) is 15.3 Å². The lowest BCUT2D eigenvalue weighted by Crippen LogP contribution is -2.15. The van der Waals surface area contributed by atoms with Crippen LogP contribution in [0.3, 0.4) is 0 Å². The molecule has 0 atom stereocenters. The lowest BCUT2D eigenvalue weighted by Gasteiger charge is -2.09. The molecular weight excluding hydrogens is 391 g/mol. The number of rotatable bonds is 5. The van der Waals surface area contributed by atoms with Gasteiger partial charge in [-0.3, -0.25) is 14.9 Å². The average Bonchev–Trinajstić information content (AvgIpc) is 3.13. The Balaban J connectivity index is 1.71. The molecule has 2 heterocycles. The Hall–Kier alpha value is -3.65. The first-order valence-electron chi connectivity index (χ1n) is 8.69. The largest absolute Gasteiger partial charge is 0.369 e. The summed E-state index contributed by atoms with van der Waals surface area (Å²) in [6.07, 6.45) is 0.0132. The lowest BCUT2D eigenvalue weighted by atomic mass is 10.0. The van der Waals surface area contributed by atoms with Crippen LogP contribution in [0.1, 0.15) is 16.1 Å². The van der Waals surface area contributed by atoms with Crippen LogP contribution in [0, 0.1) is 5.82 Å². The predicted molar refractivity (Wildman–Crippen MR) is 110 cm³/mol. The number of nitrogens with two attached hydrogens (primary N) is 1. The Morgan fingerprint density at radius 3 is 2.59 bits per heavy atom. The molecule has 144 valence electrons. The average molecular weight is 406 g/mol. The van der Waals surface area contributed by atoms with E-state index in [1.165, 1.54) is 23.5 Å². The molecule has 0 aliphatic carbocycles. The zero-order valence-corrected chi connectivity index (χ0v) is 15.9. The Bertz CT molecular complexity index is 1220. The number of primary amides is 1. The maximum Gasteiger partial charge on any atom is 0.258 e. The van der Waals surface area contributed by atoms with Gasteiger partial charge in [-0.25, -0.2) is 14.4 Å². The lowest BCUT2D eigenvalue weighted by molar-refractivity contribution is -0.117. The molecular formula is C21H15FN4O2S. The number of hydrogen-bond donors (Lipinski definition) is 2. The summed E-state index contributed by atoms with van der Waals surface area (Å²) in [5, 5.41) is 5.49. The van der Waals surface area contributed by atoms with Crippen molar-refractivity contribution in [2.75, 3.05) is 5.32 Å². The summed E-state index contributed by atoms with van der Waals surface area (Å²) < 4.78 is 13.3. The minimum atomic E-state index is -0.489. The zero-order valence-electron chi connectivity index (χ0n) is 15.1. The van der Waals surface area contributed by atoms with E-state index in [0.29, 0.717) is 38.5 Å². The Labute approximate surface area is 169 Å². The molecule has 6 nitrogen and oxygen atoms in total. The molecule has 0 fully saturated rings. The second-order valence-corrected chi connectivity index (χ2v) is 7.18. The maximum absolute atomic E-state index is 13.3. The van der Waals surface area contributed by atoms with Crippen molar-refractivity contribution in [2.24, 2.45) is 5.73 Å². The van der Waals surface area contributed by atoms with Crippen molar-refractivity contribution in [3.05, 3.63) is 77.1 Å². The first-order valence-corrected chi connectivity index (χ1v) is 9.57. The van der Waals surface area contributed by atoms with E-state index in [-0.39, 0.29) is 18.1 Å². The van der Waals surface area contributed by atoms with Crippen molar-refractivity contribution < 1.29 is 14.0 Å². The van der Waals surface area contributed by atoms with Crippen LogP contribution in [-0.4, -0.2) is 21.8 Å². The molecule has 0 spiro atoms. The summed E-state index contributed by atoms with van der Waals surface area (Å²) in [4.78, 5) is 32.8. The third-order valence-corrected chi connectivity index (χ3v) is 5.03. The number of aromatic nitrogens is 2. The maximum atomic E-state index is 13.3. The van der Waals surface area contributed by atoms with E-state index in [1.807, 2.05) is 24.3 Å². The number of carbonyl (C=O) groups is 2. The van der Waals surface area contributed by atoms with Gasteiger partial charge in [0.05, 0.1) is 28.9 Å². The van der Waals surface area contributed by atoms with Crippen LogP contribution >= 0.6 is 11.3 Å². The number of para-hydroxylation sites is 1. The Morgan fingerprint density at radius 1 is 1.07 bits per heavy atom. The molecule has 4 aromatic rings. The third kappa shape index (κ3) is 4.12. The minimum absolute atomic E-state index is 0.0132. The molecule has 0 radical (unpaired) electrons. The molecule has 4 rings (SSSR count). The van der Waals surface area contributed by atoms with E-state index in [1.54, 1.807) is 23.6 Å². The molecule has 2 aromatic heterocycles. The van der Waals surface area contributed by atoms with E-state index in [4.69, 9.17) is 5.73 Å². The highest BCUT2D eigenvalue weighted by Crippen LogP contribution is 2.26. The summed E-state index contributed by atoms with van der Waals surface area (Å²) in [5.74, 6) is -1.19. The molecule has 0 bridgehead atoms. The van der Waals surface area contributed by atoms with Crippen LogP contribution in [0.4, 0.5) is 9.52 Å². The summed E-state index contributed by atoms with van der Waals surface area (Å²) >= 11 is 1.21. The summed E-state index contributed by atoms with van der Waals surface area (Å²) in [7, 11) is 0. The van der Waals surface area contributed by atoms with Crippen molar-refractivity contribution in [1.29, 1.82) is 0 Å². The number of amides is 2. The highest BCUT2D eigenvalue weighted by molar-refractivity contribution is 7.14. The zero-order chi connectivity index (χ0) is 20.4. The van der Waals surface area contributed by atoms with Crippen molar-refractivity contribution in [2.45, 2.75) is 6.42 Å². The van der Waals surface area contributed by atoms with Gasteiger partial charge in [0.2, 0.25) is 5.91 Å². The minimum Gasteiger partial charge on any atom is -0.369 e. The standard InChI is InChI=1S/C21H15FN4O2S/c22-13-7-5-12(6-8-13)18-10-16(15-3-1-2-4-17(15)25-18)20(28)26-21-24-14(11-29-21)9-19(23)27/h1-8,10-11H,9H2,(H2,23,27)(H,24,26,28). The van der Waals surface area contributed by atoms with E-state index < -0.39 is 5.91 Å². The number of benzene rings is 2. The molecule has 0 aliphatic heterocycles. The fraction of sp³-hybridized carbons (Fsp3) is 0.0476. The van der Waals surface area contributed by atoms with Crippen molar-refractivity contribution >= 4 is 39.2 Å². The monoisotopic (exact) mass is 406 g/mol. The number of carbonyl (C=O) groups excluding carboxylic acids is 2. The number of nitrogens with zero attached hydrogens (tertiary/aromatic N) is 2. The van der Waals surface area contributed by atoms with Gasteiger partial charge in [0.25, 0.3) is 5.91 Å². The van der Waals surface area contributed by atoms with Crippen LogP contribution in [0.15, 0.2) is 60.0 Å². The normalized spacial score (nSPS) is 10.8. The van der Waals surface area contributed by atoms with Gasteiger partial charge < -0.3 is 5.73 Å². The number of halogens is 1. The number of nitrogens with one attached hydrogen (secondary N) is 1. The Kier molecular flexibility index (Phi) is 5.01. The fourth-order valence-electron chi connectivity index (χ4n) is 2.92. The number of thiazole rings is 1. The van der Waals surface area contributed by atoms with E-state index >= 15 is 0 Å². The molecule has 8 heteroatoms. The summed E-state index contributed by atoms with van der Waals surface area (Å²) in [6.45, 7) is 0. The smallest absolute Gasteiger partial charge is 0.258 e. The first-order chi connectivity index (χ1) is 14.0. The van der Waals surface area contributed by atoms with Crippen LogP contribution in [0.5, 0.6) is 0 Å². The van der Waals surface area contributed by atoms with E-state index in [9.17, 15) is 14.0 Å². The molecule has 0 saturated carbocycles. The first kappa shape index (κ1) is 18.7. The number of anilines is 1. The van der Waals surface area contributed by atoms with Crippen LogP contribution in [-0.2, 0) is 11.2 Å². The van der Waals surface area contributed by atoms with Gasteiger partial charge in [0.15, 0.2) is 5.13 Å². The van der Waals surface area contributed by atoms with Crippen LogP contribution < -0.4 is 11.1 Å². The van der Waals surface area contributed by atoms with Gasteiger partial charge >= 0.3 is 0 Å². The predicted octanol–water partition coefficient (Wildman–Crippen LogP) is 3.78. The second-order valence-electron chi connectivity index (χ2n) is 6.32. The number of pyridine rings is 1. The van der Waals surface area contributed by atoms with Gasteiger partial charge in [-0.1, -0.05) is 18.2 Å². The van der Waals surface area contributed by atoms with E-state index in [0.717, 1.165) is 0 Å². The highest BCUT2D eigenvalue weighted by atomic mass is 32.1. The Morgan fingerprint density at radius 2 is 1.83 bits per heavy atom. The van der Waals surface area contributed by atoms with Crippen LogP contribution in [0.2, 0.25) is 0 Å². The molecule has 3 N–H and O–H groups in total. The van der Waals surface area contributed by atoms with Gasteiger partial charge in [0, 0.05) is 16.3 Å². The van der Waals surface area contributed by atoms with Gasteiger partial charge in [-0.15, -0.1) is 11.3 Å². The SMILES string of the molecule is NC(=O)Cc1csc(NC(=O)c2cc(-c3ccc(F)cc3)nc3ccccc23)n1. The van der Waals surface area contributed by atoms with Crippen molar-refractivity contribution in [1.82, 2.24) is 9.97 Å². The van der Waals surface area contributed by atoms with Crippen LogP contribution in [0.25, 0.3) is 22.2 Å². The molecule has 0 aliphatic rings. The number of fused-ring (bicyclic) bond motifs is 1. The summed E-state index contributed by atoms with van der Waals surface area (Å²) in [5.41, 5.74) is 8.00. The highest BCUT2D eigenvalue weighted by Gasteiger charge is 2.16. The fourth-order valence-corrected chi connectivity index (χ4v) is 3.63. The topological polar surface area (TPSA) is 98.0 Å². The molecule has 2 amide bonds. The summed E-state index contributed by atoms with van der Waals surface area (Å²) in [6, 6.07) is 14.9. The molecule has 2 aromatic carbocycles. The van der Waals surface area contributed by atoms with Gasteiger partial charge in [-0.05, 0) is 36.4 Å². The third-order valence-electron chi connectivity index (χ3n) is 4.23. The molecule has 29 heavy (non-hydrogen) atoms. The van der Waals surface area contributed by atoms with Gasteiger partial charge in [0.1, 0.15) is 5.82 Å². The molecule has 0 saturated heterocycles. The molecule has 0 unspecified atom stereocenters.